The van der Waals surface area contributed by atoms with E-state index in [1.54, 1.807) is 36.4 Å². The number of sulfonamides is 1. The van der Waals surface area contributed by atoms with Crippen LogP contribution in [0.4, 0.5) is 11.4 Å². The topological polar surface area (TPSA) is 66.5 Å². The van der Waals surface area contributed by atoms with E-state index >= 15 is 0 Å². The van der Waals surface area contributed by atoms with Gasteiger partial charge in [-0.05, 0) is 78.8 Å². The number of hydrogen-bond acceptors (Lipinski definition) is 4. The zero-order valence-corrected chi connectivity index (χ0v) is 18.2. The lowest BCUT2D eigenvalue weighted by Gasteiger charge is -2.19. The SMILES string of the molecule is CN(c1ccccc1)S(=O)(=O)c1ccc(NC(=O)c2ccc3c(c2)CCCS3)cc1. The maximum Gasteiger partial charge on any atom is 0.264 e. The molecule has 3 aromatic rings. The summed E-state index contributed by atoms with van der Waals surface area (Å²) in [6.07, 6.45) is 2.11. The summed E-state index contributed by atoms with van der Waals surface area (Å²) in [5, 5.41) is 2.85. The number of hydrogen-bond donors (Lipinski definition) is 1. The van der Waals surface area contributed by atoms with Crippen LogP contribution in [-0.2, 0) is 16.4 Å². The average Bonchev–Trinajstić information content (AvgIpc) is 2.79. The third-order valence-electron chi connectivity index (χ3n) is 5.06. The molecule has 0 saturated carbocycles. The number of nitrogens with zero attached hydrogens (tertiary/aromatic N) is 1. The highest BCUT2D eigenvalue weighted by atomic mass is 32.2. The lowest BCUT2D eigenvalue weighted by molar-refractivity contribution is 0.102. The zero-order valence-electron chi connectivity index (χ0n) is 16.5. The molecule has 1 amide bonds. The second-order valence-corrected chi connectivity index (χ2v) is 10.2. The molecule has 30 heavy (non-hydrogen) atoms. The summed E-state index contributed by atoms with van der Waals surface area (Å²) in [4.78, 5) is 14.0. The van der Waals surface area contributed by atoms with Crippen LogP contribution in [0, 0.1) is 0 Å². The molecule has 0 fully saturated rings. The van der Waals surface area contributed by atoms with Crippen LogP contribution >= 0.6 is 11.8 Å². The minimum Gasteiger partial charge on any atom is -0.322 e. The summed E-state index contributed by atoms with van der Waals surface area (Å²) in [6.45, 7) is 0. The van der Waals surface area contributed by atoms with Crippen LogP contribution in [0.5, 0.6) is 0 Å². The van der Waals surface area contributed by atoms with E-state index in [1.165, 1.54) is 33.9 Å². The van der Waals surface area contributed by atoms with Crippen LogP contribution in [0.15, 0.2) is 82.6 Å². The van der Waals surface area contributed by atoms with E-state index in [1.807, 2.05) is 36.0 Å². The first-order chi connectivity index (χ1) is 14.4. The monoisotopic (exact) mass is 438 g/mol. The third kappa shape index (κ3) is 4.22. The molecule has 7 heteroatoms. The molecule has 0 bridgehead atoms. The van der Waals surface area contributed by atoms with Crippen molar-refractivity contribution < 1.29 is 13.2 Å². The number of carbonyl (C=O) groups is 1. The molecule has 5 nitrogen and oxygen atoms in total. The number of benzene rings is 3. The molecule has 0 spiro atoms. The molecule has 0 unspecified atom stereocenters. The first-order valence-corrected chi connectivity index (χ1v) is 12.1. The van der Waals surface area contributed by atoms with Gasteiger partial charge in [-0.1, -0.05) is 18.2 Å². The van der Waals surface area contributed by atoms with Crippen molar-refractivity contribution in [2.45, 2.75) is 22.6 Å². The van der Waals surface area contributed by atoms with Gasteiger partial charge in [-0.3, -0.25) is 9.10 Å². The van der Waals surface area contributed by atoms with Gasteiger partial charge in [0.25, 0.3) is 15.9 Å². The second kappa shape index (κ2) is 8.53. The van der Waals surface area contributed by atoms with E-state index in [-0.39, 0.29) is 10.8 Å². The molecule has 1 aliphatic rings. The minimum absolute atomic E-state index is 0.164. The van der Waals surface area contributed by atoms with E-state index in [4.69, 9.17) is 0 Å². The van der Waals surface area contributed by atoms with E-state index in [2.05, 4.69) is 5.32 Å². The van der Waals surface area contributed by atoms with Crippen LogP contribution in [0.2, 0.25) is 0 Å². The number of carbonyl (C=O) groups excluding carboxylic acids is 1. The largest absolute Gasteiger partial charge is 0.322 e. The van der Waals surface area contributed by atoms with E-state index < -0.39 is 10.0 Å². The summed E-state index contributed by atoms with van der Waals surface area (Å²) in [6, 6.07) is 20.9. The zero-order chi connectivity index (χ0) is 21.1. The number of aryl methyl sites for hydroxylation is 1. The predicted molar refractivity (Wildman–Crippen MR) is 122 cm³/mol. The standard InChI is InChI=1S/C23H22N2O3S2/c1-25(20-7-3-2-4-8-20)30(27,28)21-12-10-19(11-13-21)24-23(26)18-9-14-22-17(16-18)6-5-15-29-22/h2-4,7-14,16H,5-6,15H2,1H3,(H,24,26). The Morgan fingerprint density at radius 3 is 2.47 bits per heavy atom. The van der Waals surface area contributed by atoms with Crippen molar-refractivity contribution >= 4 is 39.1 Å². The summed E-state index contributed by atoms with van der Waals surface area (Å²) < 4.78 is 27.0. The van der Waals surface area contributed by atoms with Gasteiger partial charge in [0.1, 0.15) is 0 Å². The quantitative estimate of drug-likeness (QED) is 0.621. The Labute approximate surface area is 181 Å². The van der Waals surface area contributed by atoms with E-state index in [0.29, 0.717) is 16.9 Å². The van der Waals surface area contributed by atoms with Crippen molar-refractivity contribution in [2.75, 3.05) is 22.4 Å². The van der Waals surface area contributed by atoms with Crippen molar-refractivity contribution in [3.63, 3.8) is 0 Å². The molecule has 0 saturated heterocycles. The summed E-state index contributed by atoms with van der Waals surface area (Å²) in [5.74, 6) is 0.915. The molecule has 154 valence electrons. The Morgan fingerprint density at radius 1 is 1.00 bits per heavy atom. The lowest BCUT2D eigenvalue weighted by atomic mass is 10.1. The number of rotatable bonds is 5. The third-order valence-corrected chi connectivity index (χ3v) is 8.06. The van der Waals surface area contributed by atoms with Gasteiger partial charge in [0, 0.05) is 23.2 Å². The normalized spacial score (nSPS) is 13.4. The number of fused-ring (bicyclic) bond motifs is 1. The molecule has 0 radical (unpaired) electrons. The first-order valence-electron chi connectivity index (χ1n) is 9.66. The van der Waals surface area contributed by atoms with Crippen LogP contribution in [-0.4, -0.2) is 27.1 Å². The van der Waals surface area contributed by atoms with E-state index in [0.717, 1.165) is 18.6 Å². The van der Waals surface area contributed by atoms with Crippen LogP contribution in [0.3, 0.4) is 0 Å². The predicted octanol–water partition coefficient (Wildman–Crippen LogP) is 4.80. The molecule has 1 heterocycles. The minimum atomic E-state index is -3.68. The Bertz CT molecular complexity index is 1160. The summed E-state index contributed by atoms with van der Waals surface area (Å²) >= 11 is 1.83. The van der Waals surface area contributed by atoms with Gasteiger partial charge in [0.2, 0.25) is 0 Å². The van der Waals surface area contributed by atoms with Crippen LogP contribution in [0.1, 0.15) is 22.3 Å². The Kier molecular flexibility index (Phi) is 5.83. The van der Waals surface area contributed by atoms with Crippen LogP contribution < -0.4 is 9.62 Å². The van der Waals surface area contributed by atoms with Gasteiger partial charge in [0.05, 0.1) is 10.6 Å². The number of amides is 1. The highest BCUT2D eigenvalue weighted by Crippen LogP contribution is 2.30. The van der Waals surface area contributed by atoms with Crippen molar-refractivity contribution in [3.05, 3.63) is 83.9 Å². The smallest absolute Gasteiger partial charge is 0.264 e. The maximum absolute atomic E-state index is 12.9. The Hall–Kier alpha value is -2.77. The lowest BCUT2D eigenvalue weighted by Crippen LogP contribution is -2.26. The number of thioether (sulfide) groups is 1. The summed E-state index contributed by atoms with van der Waals surface area (Å²) in [5.41, 5.74) is 2.95. The fraction of sp³-hybridized carbons (Fsp3) is 0.174. The number of para-hydroxylation sites is 1. The molecule has 0 aromatic heterocycles. The van der Waals surface area contributed by atoms with Crippen molar-refractivity contribution in [1.29, 1.82) is 0 Å². The van der Waals surface area contributed by atoms with Gasteiger partial charge >= 0.3 is 0 Å². The maximum atomic E-state index is 12.9. The average molecular weight is 439 g/mol. The first kappa shape index (κ1) is 20.5. The molecule has 4 rings (SSSR count). The highest BCUT2D eigenvalue weighted by Gasteiger charge is 2.21. The van der Waals surface area contributed by atoms with Gasteiger partial charge in [-0.15, -0.1) is 11.8 Å². The molecule has 0 aliphatic carbocycles. The molecule has 1 N–H and O–H groups in total. The van der Waals surface area contributed by atoms with Gasteiger partial charge in [-0.25, -0.2) is 8.42 Å². The van der Waals surface area contributed by atoms with Crippen LogP contribution in [0.25, 0.3) is 0 Å². The molecular weight excluding hydrogens is 416 g/mol. The number of nitrogens with one attached hydrogen (secondary N) is 1. The van der Waals surface area contributed by atoms with Crippen molar-refractivity contribution in [1.82, 2.24) is 0 Å². The highest BCUT2D eigenvalue weighted by molar-refractivity contribution is 7.99. The second-order valence-electron chi connectivity index (χ2n) is 7.06. The molecule has 0 atom stereocenters. The van der Waals surface area contributed by atoms with Crippen molar-refractivity contribution in [3.8, 4) is 0 Å². The summed E-state index contributed by atoms with van der Waals surface area (Å²) in [7, 11) is -2.16. The fourth-order valence-electron chi connectivity index (χ4n) is 3.35. The fourth-order valence-corrected chi connectivity index (χ4v) is 5.56. The Morgan fingerprint density at radius 2 is 1.73 bits per heavy atom. The molecule has 1 aliphatic heterocycles. The van der Waals surface area contributed by atoms with E-state index in [9.17, 15) is 13.2 Å². The number of anilines is 2. The van der Waals surface area contributed by atoms with Gasteiger partial charge in [-0.2, -0.15) is 0 Å². The van der Waals surface area contributed by atoms with Crippen molar-refractivity contribution in [2.24, 2.45) is 0 Å². The molecular formula is C23H22N2O3S2. The van der Waals surface area contributed by atoms with Gasteiger partial charge in [0.15, 0.2) is 0 Å². The van der Waals surface area contributed by atoms with Gasteiger partial charge < -0.3 is 5.32 Å². The molecule has 3 aromatic carbocycles. The Balaban J connectivity index is 1.49.